The zero-order valence-corrected chi connectivity index (χ0v) is 21.1. The van der Waals surface area contributed by atoms with Gasteiger partial charge in [0, 0.05) is 50.0 Å². The Bertz CT molecular complexity index is 1500. The molecule has 5 aromatic rings. The van der Waals surface area contributed by atoms with Crippen LogP contribution in [0.3, 0.4) is 0 Å². The van der Waals surface area contributed by atoms with Gasteiger partial charge in [0.25, 0.3) is 5.91 Å². The third kappa shape index (κ3) is 4.47. The monoisotopic (exact) mass is 496 g/mol. The molecule has 6 rings (SSSR count). The fourth-order valence-corrected chi connectivity index (χ4v) is 5.84. The molecule has 36 heavy (non-hydrogen) atoms. The maximum atomic E-state index is 13.3. The van der Waals surface area contributed by atoms with Crippen LogP contribution in [0.1, 0.15) is 22.8 Å². The summed E-state index contributed by atoms with van der Waals surface area (Å²) < 4.78 is 8.73. The lowest BCUT2D eigenvalue weighted by atomic mass is 10.1. The highest BCUT2D eigenvalue weighted by Gasteiger charge is 2.23. The van der Waals surface area contributed by atoms with Crippen molar-refractivity contribution in [3.8, 4) is 17.0 Å². The second-order valence-corrected chi connectivity index (χ2v) is 10.1. The molecule has 0 saturated carbocycles. The van der Waals surface area contributed by atoms with Crippen molar-refractivity contribution in [2.45, 2.75) is 13.5 Å². The highest BCUT2D eigenvalue weighted by atomic mass is 32.1. The van der Waals surface area contributed by atoms with Gasteiger partial charge in [0.15, 0.2) is 4.96 Å². The summed E-state index contributed by atoms with van der Waals surface area (Å²) in [6.07, 6.45) is 2.07. The summed E-state index contributed by atoms with van der Waals surface area (Å²) in [6, 6.07) is 24.6. The van der Waals surface area contributed by atoms with Gasteiger partial charge in [-0.3, -0.25) is 14.1 Å². The maximum Gasteiger partial charge on any atom is 0.253 e. The third-order valence-corrected chi connectivity index (χ3v) is 7.73. The van der Waals surface area contributed by atoms with Crippen molar-refractivity contribution in [1.29, 1.82) is 0 Å². The standard InChI is InChI=1S/C29H28N4O2S/c1-2-35-24-11-8-22(9-12-24)25-20-33-26-13-10-23(18-27(26)36-29(33)30-25)28(34)32-16-14-31(15-17-32)19-21-6-4-3-5-7-21/h3-13,18,20H,2,14-17,19H2,1H3. The Morgan fingerprint density at radius 2 is 1.75 bits per heavy atom. The molecule has 0 unspecified atom stereocenters. The van der Waals surface area contributed by atoms with Crippen LogP contribution in [-0.4, -0.2) is 57.9 Å². The van der Waals surface area contributed by atoms with Crippen molar-refractivity contribution < 1.29 is 9.53 Å². The minimum Gasteiger partial charge on any atom is -0.494 e. The Hall–Kier alpha value is -3.68. The van der Waals surface area contributed by atoms with Crippen molar-refractivity contribution in [3.63, 3.8) is 0 Å². The zero-order chi connectivity index (χ0) is 24.5. The van der Waals surface area contributed by atoms with E-state index in [1.165, 1.54) is 5.56 Å². The molecule has 0 N–H and O–H groups in total. The first kappa shape index (κ1) is 22.8. The number of nitrogens with zero attached hydrogens (tertiary/aromatic N) is 4. The first-order chi connectivity index (χ1) is 17.7. The first-order valence-corrected chi connectivity index (χ1v) is 13.2. The summed E-state index contributed by atoms with van der Waals surface area (Å²) >= 11 is 1.62. The van der Waals surface area contributed by atoms with Crippen LogP contribution < -0.4 is 4.74 Å². The van der Waals surface area contributed by atoms with Crippen LogP contribution in [0.15, 0.2) is 79.0 Å². The fraction of sp³-hybridized carbons (Fsp3) is 0.241. The van der Waals surface area contributed by atoms with Gasteiger partial charge in [-0.05, 0) is 55.0 Å². The molecule has 1 aliphatic heterocycles. The molecule has 1 fully saturated rings. The first-order valence-electron chi connectivity index (χ1n) is 12.4. The molecular weight excluding hydrogens is 468 g/mol. The van der Waals surface area contributed by atoms with Gasteiger partial charge < -0.3 is 9.64 Å². The van der Waals surface area contributed by atoms with E-state index in [0.29, 0.717) is 6.61 Å². The molecule has 2 aromatic heterocycles. The summed E-state index contributed by atoms with van der Waals surface area (Å²) in [6.45, 7) is 6.86. The average Bonchev–Trinajstić information content (AvgIpc) is 3.48. The van der Waals surface area contributed by atoms with Gasteiger partial charge >= 0.3 is 0 Å². The lowest BCUT2D eigenvalue weighted by molar-refractivity contribution is 0.0628. The molecule has 1 amide bonds. The highest BCUT2D eigenvalue weighted by molar-refractivity contribution is 7.23. The van der Waals surface area contributed by atoms with Crippen molar-refractivity contribution in [3.05, 3.63) is 90.1 Å². The number of hydrogen-bond acceptors (Lipinski definition) is 5. The van der Waals surface area contributed by atoms with Crippen molar-refractivity contribution in [1.82, 2.24) is 19.2 Å². The molecule has 7 heteroatoms. The lowest BCUT2D eigenvalue weighted by Gasteiger charge is -2.34. The number of amides is 1. The van der Waals surface area contributed by atoms with Crippen LogP contribution in [0.2, 0.25) is 0 Å². The van der Waals surface area contributed by atoms with Crippen LogP contribution in [0.25, 0.3) is 26.4 Å². The summed E-state index contributed by atoms with van der Waals surface area (Å²) in [4.78, 5) is 23.4. The smallest absolute Gasteiger partial charge is 0.253 e. The number of rotatable bonds is 6. The summed E-state index contributed by atoms with van der Waals surface area (Å²) in [5.41, 5.74) is 5.12. The maximum absolute atomic E-state index is 13.3. The largest absolute Gasteiger partial charge is 0.494 e. The molecule has 3 heterocycles. The Morgan fingerprint density at radius 1 is 0.972 bits per heavy atom. The highest BCUT2D eigenvalue weighted by Crippen LogP contribution is 2.31. The van der Waals surface area contributed by atoms with Gasteiger partial charge in [0.1, 0.15) is 5.75 Å². The van der Waals surface area contributed by atoms with E-state index < -0.39 is 0 Å². The van der Waals surface area contributed by atoms with E-state index in [1.54, 1.807) is 11.3 Å². The molecule has 6 nitrogen and oxygen atoms in total. The van der Waals surface area contributed by atoms with E-state index in [-0.39, 0.29) is 5.91 Å². The number of carbonyl (C=O) groups is 1. The molecule has 3 aromatic carbocycles. The van der Waals surface area contributed by atoms with E-state index in [1.807, 2.05) is 60.4 Å². The van der Waals surface area contributed by atoms with Gasteiger partial charge in [-0.1, -0.05) is 41.7 Å². The number of aromatic nitrogens is 2. The third-order valence-electron chi connectivity index (χ3n) is 6.71. The number of benzene rings is 3. The minimum atomic E-state index is 0.109. The van der Waals surface area contributed by atoms with E-state index in [9.17, 15) is 4.79 Å². The number of fused-ring (bicyclic) bond motifs is 3. The molecule has 1 saturated heterocycles. The second-order valence-electron chi connectivity index (χ2n) is 9.07. The van der Waals surface area contributed by atoms with E-state index in [0.717, 1.165) is 70.5 Å². The van der Waals surface area contributed by atoms with Crippen LogP contribution in [-0.2, 0) is 6.54 Å². The van der Waals surface area contributed by atoms with Crippen LogP contribution in [0.5, 0.6) is 5.75 Å². The van der Waals surface area contributed by atoms with Gasteiger partial charge in [-0.2, -0.15) is 0 Å². The molecule has 0 radical (unpaired) electrons. The number of carbonyl (C=O) groups excluding carboxylic acids is 1. The van der Waals surface area contributed by atoms with E-state index in [2.05, 4.69) is 39.8 Å². The molecule has 0 bridgehead atoms. The second kappa shape index (κ2) is 9.76. The van der Waals surface area contributed by atoms with Gasteiger partial charge in [0.2, 0.25) is 0 Å². The van der Waals surface area contributed by atoms with E-state index >= 15 is 0 Å². The van der Waals surface area contributed by atoms with Crippen LogP contribution in [0.4, 0.5) is 0 Å². The zero-order valence-electron chi connectivity index (χ0n) is 20.3. The quantitative estimate of drug-likeness (QED) is 0.308. The Kier molecular flexibility index (Phi) is 6.17. The Morgan fingerprint density at radius 3 is 2.50 bits per heavy atom. The van der Waals surface area contributed by atoms with E-state index in [4.69, 9.17) is 9.72 Å². The number of imidazole rings is 1. The molecule has 182 valence electrons. The van der Waals surface area contributed by atoms with Crippen molar-refractivity contribution in [2.75, 3.05) is 32.8 Å². The van der Waals surface area contributed by atoms with Crippen LogP contribution in [0, 0.1) is 0 Å². The summed E-state index contributed by atoms with van der Waals surface area (Å²) in [7, 11) is 0. The van der Waals surface area contributed by atoms with Crippen LogP contribution >= 0.6 is 11.3 Å². The number of piperazine rings is 1. The number of hydrogen-bond donors (Lipinski definition) is 0. The predicted molar refractivity (Wildman–Crippen MR) is 145 cm³/mol. The normalized spacial score (nSPS) is 14.5. The lowest BCUT2D eigenvalue weighted by Crippen LogP contribution is -2.48. The molecule has 0 aliphatic carbocycles. The summed E-state index contributed by atoms with van der Waals surface area (Å²) in [5.74, 6) is 0.972. The number of thiazole rings is 1. The Balaban J connectivity index is 1.16. The van der Waals surface area contributed by atoms with Gasteiger partial charge in [-0.15, -0.1) is 0 Å². The molecule has 0 atom stereocenters. The summed E-state index contributed by atoms with van der Waals surface area (Å²) in [5, 5.41) is 0. The molecule has 0 spiro atoms. The topological polar surface area (TPSA) is 50.1 Å². The minimum absolute atomic E-state index is 0.109. The van der Waals surface area contributed by atoms with Crippen molar-refractivity contribution >= 4 is 32.4 Å². The van der Waals surface area contributed by atoms with Crippen molar-refractivity contribution in [2.24, 2.45) is 0 Å². The molecular formula is C29H28N4O2S. The van der Waals surface area contributed by atoms with Gasteiger partial charge in [0.05, 0.1) is 22.5 Å². The Labute approximate surface area is 214 Å². The molecule has 1 aliphatic rings. The fourth-order valence-electron chi connectivity index (χ4n) is 4.80. The SMILES string of the molecule is CCOc1ccc(-c2cn3c(n2)sc2cc(C(=O)N4CCN(Cc5ccccc5)CC4)ccc23)cc1. The number of ether oxygens (including phenoxy) is 1. The predicted octanol–water partition coefficient (Wildman–Crippen LogP) is 5.57. The van der Waals surface area contributed by atoms with Gasteiger partial charge in [-0.25, -0.2) is 4.98 Å². The average molecular weight is 497 g/mol.